The summed E-state index contributed by atoms with van der Waals surface area (Å²) in [5, 5.41) is 2.11. The number of carbonyl (C=O) groups is 1. The first-order valence-electron chi connectivity index (χ1n) is 5.99. The van der Waals surface area contributed by atoms with Crippen LogP contribution in [-0.2, 0) is 6.42 Å². The third-order valence-electron chi connectivity index (χ3n) is 3.05. The highest BCUT2D eigenvalue weighted by molar-refractivity contribution is 7.16. The Hall–Kier alpha value is -1.64. The standard InChI is InChI=1S/C16H11ClOS/c17-16-9-8-12(19-16)10-15(18)14-7-3-5-11-4-1-2-6-13(11)14/h1-9H,10H2. The van der Waals surface area contributed by atoms with Crippen molar-refractivity contribution in [3.05, 3.63) is 69.4 Å². The zero-order chi connectivity index (χ0) is 13.2. The Kier molecular flexibility index (Phi) is 3.36. The highest BCUT2D eigenvalue weighted by atomic mass is 35.5. The number of thiophene rings is 1. The number of rotatable bonds is 3. The Morgan fingerprint density at radius 2 is 1.79 bits per heavy atom. The van der Waals surface area contributed by atoms with E-state index in [9.17, 15) is 4.79 Å². The smallest absolute Gasteiger partial charge is 0.168 e. The van der Waals surface area contributed by atoms with Crippen LogP contribution in [0.1, 0.15) is 15.2 Å². The molecule has 0 N–H and O–H groups in total. The summed E-state index contributed by atoms with van der Waals surface area (Å²) in [7, 11) is 0. The number of hydrogen-bond donors (Lipinski definition) is 0. The maximum Gasteiger partial charge on any atom is 0.168 e. The van der Waals surface area contributed by atoms with Gasteiger partial charge in [0.25, 0.3) is 0 Å². The molecule has 2 aromatic carbocycles. The van der Waals surface area contributed by atoms with Gasteiger partial charge in [-0.3, -0.25) is 4.79 Å². The summed E-state index contributed by atoms with van der Waals surface area (Å²) in [6, 6.07) is 17.5. The number of halogens is 1. The number of benzene rings is 2. The van der Waals surface area contributed by atoms with Crippen LogP contribution in [0.5, 0.6) is 0 Å². The number of hydrogen-bond acceptors (Lipinski definition) is 2. The lowest BCUT2D eigenvalue weighted by Crippen LogP contribution is -2.02. The zero-order valence-corrected chi connectivity index (χ0v) is 11.7. The molecule has 0 spiro atoms. The van der Waals surface area contributed by atoms with Crippen LogP contribution in [0.2, 0.25) is 4.34 Å². The molecule has 0 bridgehead atoms. The van der Waals surface area contributed by atoms with Gasteiger partial charge in [0, 0.05) is 16.9 Å². The quantitative estimate of drug-likeness (QED) is 0.621. The minimum atomic E-state index is 0.135. The lowest BCUT2D eigenvalue weighted by Gasteiger charge is -2.04. The molecule has 3 heteroatoms. The second-order valence-electron chi connectivity index (χ2n) is 4.33. The Morgan fingerprint density at radius 1 is 1.00 bits per heavy atom. The van der Waals surface area contributed by atoms with Gasteiger partial charge in [-0.15, -0.1) is 11.3 Å². The van der Waals surface area contributed by atoms with Crippen LogP contribution in [0.4, 0.5) is 0 Å². The van der Waals surface area contributed by atoms with Crippen molar-refractivity contribution in [1.29, 1.82) is 0 Å². The first kappa shape index (κ1) is 12.4. The normalized spacial score (nSPS) is 10.8. The SMILES string of the molecule is O=C(Cc1ccc(Cl)s1)c1cccc2ccccc12. The van der Waals surface area contributed by atoms with Gasteiger partial charge >= 0.3 is 0 Å². The van der Waals surface area contributed by atoms with Crippen molar-refractivity contribution in [1.82, 2.24) is 0 Å². The van der Waals surface area contributed by atoms with E-state index in [1.165, 1.54) is 11.3 Å². The fraction of sp³-hybridized carbons (Fsp3) is 0.0625. The summed E-state index contributed by atoms with van der Waals surface area (Å²) >= 11 is 7.35. The van der Waals surface area contributed by atoms with E-state index in [0.29, 0.717) is 6.42 Å². The van der Waals surface area contributed by atoms with Crippen LogP contribution in [0.25, 0.3) is 10.8 Å². The van der Waals surface area contributed by atoms with Crippen molar-refractivity contribution >= 4 is 39.5 Å². The van der Waals surface area contributed by atoms with Crippen molar-refractivity contribution in [2.24, 2.45) is 0 Å². The number of ketones is 1. The highest BCUT2D eigenvalue weighted by Crippen LogP contribution is 2.25. The number of fused-ring (bicyclic) bond motifs is 1. The molecule has 19 heavy (non-hydrogen) atoms. The van der Waals surface area contributed by atoms with Crippen LogP contribution in [0.15, 0.2) is 54.6 Å². The Labute approximate surface area is 120 Å². The maximum absolute atomic E-state index is 12.4. The van der Waals surface area contributed by atoms with E-state index in [0.717, 1.165) is 25.5 Å². The van der Waals surface area contributed by atoms with Gasteiger partial charge < -0.3 is 0 Å². The van der Waals surface area contributed by atoms with Crippen molar-refractivity contribution < 1.29 is 4.79 Å². The summed E-state index contributed by atoms with van der Waals surface area (Å²) in [6.07, 6.45) is 0.408. The summed E-state index contributed by atoms with van der Waals surface area (Å²) in [5.74, 6) is 0.135. The highest BCUT2D eigenvalue weighted by Gasteiger charge is 2.11. The molecule has 94 valence electrons. The molecular formula is C16H11ClOS. The third-order valence-corrected chi connectivity index (χ3v) is 4.28. The van der Waals surface area contributed by atoms with Gasteiger partial charge in [-0.25, -0.2) is 0 Å². The van der Waals surface area contributed by atoms with Crippen molar-refractivity contribution in [3.63, 3.8) is 0 Å². The van der Waals surface area contributed by atoms with Crippen molar-refractivity contribution in [2.75, 3.05) is 0 Å². The Balaban J connectivity index is 1.97. The molecule has 0 aliphatic rings. The van der Waals surface area contributed by atoms with Crippen LogP contribution in [-0.4, -0.2) is 5.78 Å². The molecule has 0 fully saturated rings. The maximum atomic E-state index is 12.4. The number of carbonyl (C=O) groups excluding carboxylic acids is 1. The monoisotopic (exact) mass is 286 g/mol. The molecule has 0 atom stereocenters. The molecule has 1 heterocycles. The second kappa shape index (κ2) is 5.16. The summed E-state index contributed by atoms with van der Waals surface area (Å²) in [5.41, 5.74) is 0.780. The van der Waals surface area contributed by atoms with E-state index in [4.69, 9.17) is 11.6 Å². The third kappa shape index (κ3) is 2.55. The molecule has 0 amide bonds. The van der Waals surface area contributed by atoms with Gasteiger partial charge in [0.15, 0.2) is 5.78 Å². The first-order valence-corrected chi connectivity index (χ1v) is 7.18. The van der Waals surface area contributed by atoms with E-state index in [2.05, 4.69) is 0 Å². The molecule has 0 aliphatic carbocycles. The second-order valence-corrected chi connectivity index (χ2v) is 6.13. The van der Waals surface area contributed by atoms with Crippen LogP contribution >= 0.6 is 22.9 Å². The van der Waals surface area contributed by atoms with Gasteiger partial charge in [-0.05, 0) is 22.9 Å². The Bertz CT molecular complexity index is 740. The number of Topliss-reactive ketones (excluding diaryl/α,β-unsaturated/α-hetero) is 1. The topological polar surface area (TPSA) is 17.1 Å². The molecule has 0 saturated carbocycles. The molecule has 1 aromatic heterocycles. The van der Waals surface area contributed by atoms with Gasteiger partial charge in [0.1, 0.15) is 0 Å². The van der Waals surface area contributed by atoms with E-state index < -0.39 is 0 Å². The molecule has 0 radical (unpaired) electrons. The predicted octanol–water partition coefficient (Wildman–Crippen LogP) is 4.98. The van der Waals surface area contributed by atoms with Crippen LogP contribution in [0.3, 0.4) is 0 Å². The summed E-state index contributed by atoms with van der Waals surface area (Å²) in [6.45, 7) is 0. The fourth-order valence-corrected chi connectivity index (χ4v) is 3.25. The Morgan fingerprint density at radius 3 is 2.58 bits per heavy atom. The van der Waals surface area contributed by atoms with Gasteiger partial charge in [-0.1, -0.05) is 54.1 Å². The van der Waals surface area contributed by atoms with E-state index in [1.807, 2.05) is 54.6 Å². The first-order chi connectivity index (χ1) is 9.24. The minimum Gasteiger partial charge on any atom is -0.294 e. The molecule has 0 saturated heterocycles. The van der Waals surface area contributed by atoms with E-state index >= 15 is 0 Å². The largest absolute Gasteiger partial charge is 0.294 e. The van der Waals surface area contributed by atoms with Gasteiger partial charge in [0.05, 0.1) is 4.34 Å². The zero-order valence-electron chi connectivity index (χ0n) is 10.1. The molecule has 0 unspecified atom stereocenters. The van der Waals surface area contributed by atoms with Crippen LogP contribution in [0, 0.1) is 0 Å². The lowest BCUT2D eigenvalue weighted by atomic mass is 9.99. The molecule has 0 aliphatic heterocycles. The molecular weight excluding hydrogens is 276 g/mol. The van der Waals surface area contributed by atoms with Gasteiger partial charge in [0.2, 0.25) is 0 Å². The van der Waals surface area contributed by atoms with Crippen molar-refractivity contribution in [2.45, 2.75) is 6.42 Å². The molecule has 3 rings (SSSR count). The van der Waals surface area contributed by atoms with Gasteiger partial charge in [-0.2, -0.15) is 0 Å². The van der Waals surface area contributed by atoms with E-state index in [-0.39, 0.29) is 5.78 Å². The predicted molar refractivity (Wildman–Crippen MR) is 81.3 cm³/mol. The average molecular weight is 287 g/mol. The lowest BCUT2D eigenvalue weighted by molar-refractivity contribution is 0.0995. The fourth-order valence-electron chi connectivity index (χ4n) is 2.17. The summed E-state index contributed by atoms with van der Waals surface area (Å²) in [4.78, 5) is 13.4. The van der Waals surface area contributed by atoms with Crippen molar-refractivity contribution in [3.8, 4) is 0 Å². The average Bonchev–Trinajstić information content (AvgIpc) is 2.83. The molecule has 3 aromatic rings. The minimum absolute atomic E-state index is 0.135. The van der Waals surface area contributed by atoms with Crippen LogP contribution < -0.4 is 0 Å². The molecule has 1 nitrogen and oxygen atoms in total. The van der Waals surface area contributed by atoms with E-state index in [1.54, 1.807) is 0 Å². The summed E-state index contributed by atoms with van der Waals surface area (Å²) < 4.78 is 0.723.